The second-order valence-electron chi connectivity index (χ2n) is 6.99. The first-order valence-corrected chi connectivity index (χ1v) is 9.74. The summed E-state index contributed by atoms with van der Waals surface area (Å²) in [5.41, 5.74) is 2.56. The molecule has 3 aromatic carbocycles. The maximum atomic E-state index is 11.2. The van der Waals surface area contributed by atoms with Gasteiger partial charge in [-0.2, -0.15) is 0 Å². The number of carbonyl (C=O) groups is 1. The van der Waals surface area contributed by atoms with E-state index >= 15 is 0 Å². The third kappa shape index (κ3) is 5.07. The summed E-state index contributed by atoms with van der Waals surface area (Å²) in [7, 11) is 3.16. The number of anilines is 2. The van der Waals surface area contributed by atoms with Crippen LogP contribution in [0.3, 0.4) is 0 Å². The van der Waals surface area contributed by atoms with E-state index in [1.54, 1.807) is 32.4 Å². The highest BCUT2D eigenvalue weighted by Crippen LogP contribution is 2.35. The zero-order valence-electron chi connectivity index (χ0n) is 18.2. The average Bonchev–Trinajstić information content (AvgIpc) is 2.80. The van der Waals surface area contributed by atoms with Crippen molar-refractivity contribution in [3.8, 4) is 23.0 Å². The zero-order chi connectivity index (χ0) is 22.7. The number of aryl methyl sites for hydroxylation is 1. The van der Waals surface area contributed by atoms with E-state index in [2.05, 4.69) is 15.3 Å². The molecular formula is C24H22ClN3O5. The van der Waals surface area contributed by atoms with Crippen molar-refractivity contribution in [2.45, 2.75) is 6.92 Å². The maximum Gasteiger partial charge on any atom is 0.335 e. The third-order valence-corrected chi connectivity index (χ3v) is 4.89. The third-order valence-electron chi connectivity index (χ3n) is 4.89. The van der Waals surface area contributed by atoms with Crippen LogP contribution in [0.25, 0.3) is 10.9 Å². The monoisotopic (exact) mass is 467 g/mol. The Kier molecular flexibility index (Phi) is 7.20. The molecule has 8 nitrogen and oxygen atoms in total. The molecule has 2 N–H and O–H groups in total. The highest BCUT2D eigenvalue weighted by atomic mass is 35.5. The van der Waals surface area contributed by atoms with E-state index in [9.17, 15) is 4.79 Å². The summed E-state index contributed by atoms with van der Waals surface area (Å²) in [6.07, 6.45) is 1.48. The topological polar surface area (TPSA) is 103 Å². The number of hydrogen-bond acceptors (Lipinski definition) is 7. The lowest BCUT2D eigenvalue weighted by Gasteiger charge is -2.14. The molecule has 0 radical (unpaired) electrons. The zero-order valence-corrected chi connectivity index (χ0v) is 19.0. The molecular weight excluding hydrogens is 446 g/mol. The summed E-state index contributed by atoms with van der Waals surface area (Å²) in [4.78, 5) is 19.9. The Bertz CT molecular complexity index is 1310. The molecule has 0 fully saturated rings. The number of rotatable bonds is 7. The number of carboxylic acid groups (broad SMARTS) is 1. The number of benzene rings is 3. The van der Waals surface area contributed by atoms with E-state index in [0.29, 0.717) is 28.8 Å². The van der Waals surface area contributed by atoms with Gasteiger partial charge in [0.05, 0.1) is 25.3 Å². The van der Waals surface area contributed by atoms with Crippen LogP contribution in [0.1, 0.15) is 15.9 Å². The minimum absolute atomic E-state index is 0. The van der Waals surface area contributed by atoms with Crippen LogP contribution in [-0.2, 0) is 0 Å². The highest BCUT2D eigenvalue weighted by molar-refractivity contribution is 5.93. The molecule has 0 aliphatic carbocycles. The van der Waals surface area contributed by atoms with Crippen molar-refractivity contribution in [3.63, 3.8) is 0 Å². The van der Waals surface area contributed by atoms with Crippen molar-refractivity contribution < 1.29 is 24.1 Å². The normalized spacial score (nSPS) is 10.3. The molecule has 0 unspecified atom stereocenters. The van der Waals surface area contributed by atoms with Crippen molar-refractivity contribution >= 4 is 40.8 Å². The number of aromatic nitrogens is 2. The van der Waals surface area contributed by atoms with Crippen molar-refractivity contribution in [1.82, 2.24) is 9.97 Å². The fraction of sp³-hybridized carbons (Fsp3) is 0.125. The van der Waals surface area contributed by atoms with Gasteiger partial charge in [-0.1, -0.05) is 6.07 Å². The van der Waals surface area contributed by atoms with Crippen LogP contribution in [0, 0.1) is 6.92 Å². The highest BCUT2D eigenvalue weighted by Gasteiger charge is 2.12. The van der Waals surface area contributed by atoms with Crippen molar-refractivity contribution in [2.75, 3.05) is 19.5 Å². The van der Waals surface area contributed by atoms with Crippen LogP contribution in [0.4, 0.5) is 11.5 Å². The molecule has 1 aromatic heterocycles. The van der Waals surface area contributed by atoms with Crippen molar-refractivity contribution in [3.05, 3.63) is 72.1 Å². The quantitative estimate of drug-likeness (QED) is 0.361. The number of nitrogens with zero attached hydrogens (tertiary/aromatic N) is 2. The molecule has 1 heterocycles. The van der Waals surface area contributed by atoms with Gasteiger partial charge in [-0.05, 0) is 55.0 Å². The maximum absolute atomic E-state index is 11.2. The molecule has 4 aromatic rings. The average molecular weight is 468 g/mol. The molecule has 0 saturated carbocycles. The van der Waals surface area contributed by atoms with Gasteiger partial charge in [-0.15, -0.1) is 12.4 Å². The van der Waals surface area contributed by atoms with E-state index in [0.717, 1.165) is 22.2 Å². The van der Waals surface area contributed by atoms with Crippen LogP contribution >= 0.6 is 12.4 Å². The number of nitrogens with one attached hydrogen (secondary N) is 1. The van der Waals surface area contributed by atoms with Gasteiger partial charge in [0.1, 0.15) is 23.6 Å². The predicted molar refractivity (Wildman–Crippen MR) is 128 cm³/mol. The lowest BCUT2D eigenvalue weighted by molar-refractivity contribution is 0.0696. The molecule has 4 rings (SSSR count). The minimum Gasteiger partial charge on any atom is -0.493 e. The Balaban J connectivity index is 0.00000306. The first-order chi connectivity index (χ1) is 15.5. The second kappa shape index (κ2) is 10.1. The Hall–Kier alpha value is -4.04. The van der Waals surface area contributed by atoms with Crippen LogP contribution in [0.5, 0.6) is 23.0 Å². The lowest BCUT2D eigenvalue weighted by atomic mass is 10.1. The number of fused-ring (bicyclic) bond motifs is 1. The smallest absolute Gasteiger partial charge is 0.335 e. The van der Waals surface area contributed by atoms with Gasteiger partial charge in [-0.3, -0.25) is 0 Å². The van der Waals surface area contributed by atoms with Gasteiger partial charge in [0.2, 0.25) is 0 Å². The standard InChI is InChI=1S/C24H21N3O5.ClH/c1-14-9-16(7-8-20(14)32-17-6-4-5-15(10-17)24(28)29)27-23-18-11-21(30-2)22(31-3)12-19(18)25-13-26-23;/h4-13H,1-3H3,(H,28,29)(H,25,26,27);1H. The first kappa shape index (κ1) is 23.6. The Morgan fingerprint density at radius 2 is 1.70 bits per heavy atom. The number of aromatic carboxylic acids is 1. The summed E-state index contributed by atoms with van der Waals surface area (Å²) in [6.45, 7) is 1.91. The number of methoxy groups -OCH3 is 2. The summed E-state index contributed by atoms with van der Waals surface area (Å²) in [5.74, 6) is 1.88. The number of halogens is 1. The molecule has 0 bridgehead atoms. The molecule has 0 aliphatic heterocycles. The molecule has 0 spiro atoms. The van der Waals surface area contributed by atoms with Crippen LogP contribution in [-0.4, -0.2) is 35.3 Å². The van der Waals surface area contributed by atoms with Crippen molar-refractivity contribution in [1.29, 1.82) is 0 Å². The van der Waals surface area contributed by atoms with E-state index in [1.165, 1.54) is 18.5 Å². The van der Waals surface area contributed by atoms with Gasteiger partial charge in [0, 0.05) is 17.1 Å². The summed E-state index contributed by atoms with van der Waals surface area (Å²) >= 11 is 0. The first-order valence-electron chi connectivity index (χ1n) is 9.74. The number of ether oxygens (including phenoxy) is 3. The summed E-state index contributed by atoms with van der Waals surface area (Å²) in [5, 5.41) is 13.3. The molecule has 9 heteroatoms. The largest absolute Gasteiger partial charge is 0.493 e. The number of hydrogen-bond donors (Lipinski definition) is 2. The van der Waals surface area contributed by atoms with E-state index in [4.69, 9.17) is 19.3 Å². The summed E-state index contributed by atoms with van der Waals surface area (Å²) < 4.78 is 16.6. The van der Waals surface area contributed by atoms with Crippen LogP contribution < -0.4 is 19.5 Å². The van der Waals surface area contributed by atoms with Gasteiger partial charge in [0.25, 0.3) is 0 Å². The van der Waals surface area contributed by atoms with Gasteiger partial charge < -0.3 is 24.6 Å². The Labute approximate surface area is 196 Å². The van der Waals surface area contributed by atoms with Crippen molar-refractivity contribution in [2.24, 2.45) is 0 Å². The molecule has 170 valence electrons. The van der Waals surface area contributed by atoms with E-state index in [1.807, 2.05) is 31.2 Å². The van der Waals surface area contributed by atoms with Gasteiger partial charge >= 0.3 is 5.97 Å². The van der Waals surface area contributed by atoms with E-state index in [-0.39, 0.29) is 18.0 Å². The predicted octanol–water partition coefficient (Wildman–Crippen LogP) is 5.61. The molecule has 0 aliphatic rings. The summed E-state index contributed by atoms with van der Waals surface area (Å²) in [6, 6.07) is 15.6. The number of carboxylic acids is 1. The molecule has 0 amide bonds. The molecule has 0 atom stereocenters. The Morgan fingerprint density at radius 3 is 2.39 bits per heavy atom. The lowest BCUT2D eigenvalue weighted by Crippen LogP contribution is -1.99. The fourth-order valence-corrected chi connectivity index (χ4v) is 3.28. The minimum atomic E-state index is -1.00. The Morgan fingerprint density at radius 1 is 0.939 bits per heavy atom. The molecule has 0 saturated heterocycles. The van der Waals surface area contributed by atoms with Gasteiger partial charge in [-0.25, -0.2) is 14.8 Å². The fourth-order valence-electron chi connectivity index (χ4n) is 3.28. The van der Waals surface area contributed by atoms with E-state index < -0.39 is 5.97 Å². The SMILES string of the molecule is COc1cc2ncnc(Nc3ccc(Oc4cccc(C(=O)O)c4)c(C)c3)c2cc1OC.Cl. The van der Waals surface area contributed by atoms with Crippen LogP contribution in [0.15, 0.2) is 60.9 Å². The molecule has 33 heavy (non-hydrogen) atoms. The van der Waals surface area contributed by atoms with Crippen LogP contribution in [0.2, 0.25) is 0 Å². The van der Waals surface area contributed by atoms with Gasteiger partial charge in [0.15, 0.2) is 11.5 Å². The second-order valence-corrected chi connectivity index (χ2v) is 6.99.